The average molecular weight is 396 g/mol. The summed E-state index contributed by atoms with van der Waals surface area (Å²) >= 11 is 0. The number of H-pyrrole nitrogens is 1. The van der Waals surface area contributed by atoms with Gasteiger partial charge in [-0.15, -0.1) is 0 Å². The maximum atomic E-state index is 13.3. The summed E-state index contributed by atoms with van der Waals surface area (Å²) in [6.45, 7) is 0.0462. The minimum atomic E-state index is -4.51. The smallest absolute Gasteiger partial charge is 0.326 e. The molecule has 3 N–H and O–H groups in total. The molecule has 0 bridgehead atoms. The summed E-state index contributed by atoms with van der Waals surface area (Å²) < 4.78 is 64.8. The van der Waals surface area contributed by atoms with Crippen LogP contribution in [-0.4, -0.2) is 15.0 Å². The van der Waals surface area contributed by atoms with Gasteiger partial charge < -0.3 is 10.7 Å². The molecule has 0 amide bonds. The minimum Gasteiger partial charge on any atom is -0.326 e. The van der Waals surface area contributed by atoms with Crippen molar-refractivity contribution in [3.63, 3.8) is 0 Å². The summed E-state index contributed by atoms with van der Waals surface area (Å²) in [5.41, 5.74) is 3.95. The van der Waals surface area contributed by atoms with E-state index in [-0.39, 0.29) is 29.1 Å². The molecular formula is C18H13F5N4O. The quantitative estimate of drug-likeness (QED) is 0.655. The number of nitrogens with one attached hydrogen (secondary N) is 1. The van der Waals surface area contributed by atoms with Crippen LogP contribution in [0.5, 0.6) is 0 Å². The number of hydrogen-bond donors (Lipinski definition) is 2. The van der Waals surface area contributed by atoms with Crippen LogP contribution in [0.25, 0.3) is 22.5 Å². The van der Waals surface area contributed by atoms with Gasteiger partial charge in [0.1, 0.15) is 5.69 Å². The predicted molar refractivity (Wildman–Crippen MR) is 91.4 cm³/mol. The molecule has 0 fully saturated rings. The molecule has 1 aromatic carbocycles. The van der Waals surface area contributed by atoms with Crippen molar-refractivity contribution >= 4 is 0 Å². The van der Waals surface area contributed by atoms with Crippen molar-refractivity contribution in [3.8, 4) is 22.5 Å². The molecule has 3 rings (SSSR count). The standard InChI is InChI=1S/C18H13F5N4O/c19-16(20)15-12(5-9(7-24)8-25-15)14-6-13(26-17(28)27-14)10-1-3-11(4-2-10)18(21,22)23/h1-6,8,16H,7,24H2,(H,26,27,28). The Labute approximate surface area is 155 Å². The number of alkyl halides is 5. The highest BCUT2D eigenvalue weighted by Crippen LogP contribution is 2.32. The molecule has 0 aliphatic carbocycles. The van der Waals surface area contributed by atoms with Gasteiger partial charge in [-0.05, 0) is 29.8 Å². The second kappa shape index (κ2) is 7.47. The summed E-state index contributed by atoms with van der Waals surface area (Å²) in [4.78, 5) is 21.7. The van der Waals surface area contributed by atoms with Gasteiger partial charge in [-0.1, -0.05) is 12.1 Å². The van der Waals surface area contributed by atoms with Crippen LogP contribution in [0.2, 0.25) is 0 Å². The lowest BCUT2D eigenvalue weighted by Crippen LogP contribution is -2.13. The Morgan fingerprint density at radius 3 is 2.36 bits per heavy atom. The van der Waals surface area contributed by atoms with Gasteiger partial charge in [0.2, 0.25) is 0 Å². The number of halogens is 5. The molecule has 10 heteroatoms. The summed E-state index contributed by atoms with van der Waals surface area (Å²) in [6.07, 6.45) is -6.21. The highest BCUT2D eigenvalue weighted by atomic mass is 19.4. The molecule has 0 aliphatic heterocycles. The van der Waals surface area contributed by atoms with Gasteiger partial charge in [0.25, 0.3) is 6.43 Å². The summed E-state index contributed by atoms with van der Waals surface area (Å²) in [6, 6.07) is 6.66. The molecule has 3 aromatic rings. The van der Waals surface area contributed by atoms with Crippen LogP contribution in [0.1, 0.15) is 23.2 Å². The van der Waals surface area contributed by atoms with Crippen LogP contribution in [0.4, 0.5) is 22.0 Å². The Balaban J connectivity index is 2.12. The zero-order valence-corrected chi connectivity index (χ0v) is 14.1. The summed E-state index contributed by atoms with van der Waals surface area (Å²) in [5.74, 6) is 0. The maximum absolute atomic E-state index is 13.3. The number of nitrogens with two attached hydrogens (primary N) is 1. The monoisotopic (exact) mass is 396 g/mol. The first-order valence-electron chi connectivity index (χ1n) is 7.95. The minimum absolute atomic E-state index is 0.00741. The van der Waals surface area contributed by atoms with Crippen LogP contribution in [0.15, 0.2) is 47.4 Å². The van der Waals surface area contributed by atoms with E-state index in [1.165, 1.54) is 18.3 Å². The van der Waals surface area contributed by atoms with Crippen LogP contribution >= 0.6 is 0 Å². The lowest BCUT2D eigenvalue weighted by atomic mass is 10.0. The Morgan fingerprint density at radius 1 is 1.11 bits per heavy atom. The predicted octanol–water partition coefficient (Wildman–Crippen LogP) is 3.91. The van der Waals surface area contributed by atoms with E-state index in [0.29, 0.717) is 5.56 Å². The fourth-order valence-electron chi connectivity index (χ4n) is 2.60. The van der Waals surface area contributed by atoms with E-state index < -0.39 is 29.5 Å². The molecule has 0 spiro atoms. The third-order valence-corrected chi connectivity index (χ3v) is 3.96. The van der Waals surface area contributed by atoms with E-state index >= 15 is 0 Å². The molecule has 2 aromatic heterocycles. The lowest BCUT2D eigenvalue weighted by Gasteiger charge is -2.11. The number of nitrogens with zero attached hydrogens (tertiary/aromatic N) is 2. The first kappa shape index (κ1) is 19.6. The number of aromatic amines is 1. The van der Waals surface area contributed by atoms with E-state index in [9.17, 15) is 26.7 Å². The second-order valence-corrected chi connectivity index (χ2v) is 5.84. The van der Waals surface area contributed by atoms with E-state index in [1.807, 2.05) is 0 Å². The Morgan fingerprint density at radius 2 is 1.79 bits per heavy atom. The van der Waals surface area contributed by atoms with Crippen molar-refractivity contribution in [2.45, 2.75) is 19.1 Å². The van der Waals surface area contributed by atoms with E-state index in [4.69, 9.17) is 5.73 Å². The number of rotatable bonds is 4. The van der Waals surface area contributed by atoms with Gasteiger partial charge in [0.15, 0.2) is 0 Å². The van der Waals surface area contributed by atoms with Gasteiger partial charge in [-0.2, -0.15) is 18.2 Å². The van der Waals surface area contributed by atoms with Crippen LogP contribution in [0, 0.1) is 0 Å². The molecule has 28 heavy (non-hydrogen) atoms. The first-order chi connectivity index (χ1) is 13.2. The van der Waals surface area contributed by atoms with Crippen LogP contribution < -0.4 is 11.4 Å². The van der Waals surface area contributed by atoms with Crippen molar-refractivity contribution in [2.75, 3.05) is 0 Å². The lowest BCUT2D eigenvalue weighted by molar-refractivity contribution is -0.137. The van der Waals surface area contributed by atoms with Crippen molar-refractivity contribution in [3.05, 3.63) is 69.9 Å². The third-order valence-electron chi connectivity index (χ3n) is 3.96. The zero-order valence-electron chi connectivity index (χ0n) is 14.1. The maximum Gasteiger partial charge on any atom is 0.416 e. The highest BCUT2D eigenvalue weighted by Gasteiger charge is 2.30. The molecule has 5 nitrogen and oxygen atoms in total. The number of aromatic nitrogens is 3. The van der Waals surface area contributed by atoms with Crippen LogP contribution in [0.3, 0.4) is 0 Å². The Hall–Kier alpha value is -3.14. The van der Waals surface area contributed by atoms with Gasteiger partial charge in [-0.25, -0.2) is 13.6 Å². The fourth-order valence-corrected chi connectivity index (χ4v) is 2.60. The largest absolute Gasteiger partial charge is 0.416 e. The van der Waals surface area contributed by atoms with E-state index in [2.05, 4.69) is 15.0 Å². The van der Waals surface area contributed by atoms with Crippen molar-refractivity contribution < 1.29 is 22.0 Å². The molecule has 0 radical (unpaired) electrons. The van der Waals surface area contributed by atoms with Crippen LogP contribution in [-0.2, 0) is 12.7 Å². The second-order valence-electron chi connectivity index (χ2n) is 5.84. The molecule has 0 atom stereocenters. The molecule has 0 saturated carbocycles. The normalized spacial score (nSPS) is 11.8. The molecule has 0 saturated heterocycles. The van der Waals surface area contributed by atoms with Crippen molar-refractivity contribution in [1.29, 1.82) is 0 Å². The van der Waals surface area contributed by atoms with Gasteiger partial charge in [0.05, 0.1) is 17.0 Å². The van der Waals surface area contributed by atoms with Gasteiger partial charge >= 0.3 is 11.9 Å². The van der Waals surface area contributed by atoms with E-state index in [0.717, 1.165) is 24.3 Å². The molecular weight excluding hydrogens is 383 g/mol. The van der Waals surface area contributed by atoms with Gasteiger partial charge in [-0.3, -0.25) is 4.98 Å². The molecule has 0 aliphatic rings. The Bertz CT molecular complexity index is 1050. The molecule has 0 unspecified atom stereocenters. The molecule has 2 heterocycles. The van der Waals surface area contributed by atoms with Crippen molar-refractivity contribution in [1.82, 2.24) is 15.0 Å². The number of pyridine rings is 1. The van der Waals surface area contributed by atoms with Gasteiger partial charge in [0, 0.05) is 23.9 Å². The van der Waals surface area contributed by atoms with E-state index in [1.54, 1.807) is 0 Å². The highest BCUT2D eigenvalue weighted by molar-refractivity contribution is 5.69. The SMILES string of the molecule is NCc1cnc(C(F)F)c(-c2cc(-c3ccc(C(F)(F)F)cc3)nc(=O)[nH]2)c1. The third kappa shape index (κ3) is 4.06. The molecule has 146 valence electrons. The first-order valence-corrected chi connectivity index (χ1v) is 7.95. The summed E-state index contributed by atoms with van der Waals surface area (Å²) in [5, 5.41) is 0. The fraction of sp³-hybridized carbons (Fsp3) is 0.167. The number of benzene rings is 1. The topological polar surface area (TPSA) is 84.7 Å². The summed E-state index contributed by atoms with van der Waals surface area (Å²) in [7, 11) is 0. The Kier molecular flexibility index (Phi) is 5.23. The number of hydrogen-bond acceptors (Lipinski definition) is 4. The zero-order chi connectivity index (χ0) is 20.5. The average Bonchev–Trinajstić information content (AvgIpc) is 2.66. The van der Waals surface area contributed by atoms with Crippen molar-refractivity contribution in [2.24, 2.45) is 5.73 Å².